The molecule has 8 heteroatoms. The first kappa shape index (κ1) is 19.9. The van der Waals surface area contributed by atoms with Crippen LogP contribution in [-0.4, -0.2) is 59.2 Å². The van der Waals surface area contributed by atoms with Crippen LogP contribution < -0.4 is 0 Å². The van der Waals surface area contributed by atoms with Crippen LogP contribution >= 0.6 is 23.5 Å². The van der Waals surface area contributed by atoms with Gasteiger partial charge in [-0.3, -0.25) is 14.4 Å². The Morgan fingerprint density at radius 1 is 0.783 bits per heavy atom. The van der Waals surface area contributed by atoms with E-state index in [1.807, 2.05) is 12.2 Å². The molecule has 3 atom stereocenters. The molecule has 0 spiro atoms. The molecule has 23 heavy (non-hydrogen) atoms. The third-order valence-electron chi connectivity index (χ3n) is 2.83. The smallest absolute Gasteiger partial charge is 0.303 e. The minimum Gasteiger partial charge on any atom is -0.458 e. The molecule has 2 unspecified atom stereocenters. The van der Waals surface area contributed by atoms with Gasteiger partial charge in [0.25, 0.3) is 0 Å². The fourth-order valence-corrected chi connectivity index (χ4v) is 3.84. The molecular weight excluding hydrogens is 340 g/mol. The van der Waals surface area contributed by atoms with E-state index < -0.39 is 36.2 Å². The highest BCUT2D eigenvalue weighted by atomic mass is 32.2. The maximum atomic E-state index is 11.5. The Kier molecular flexibility index (Phi) is 9.16. The van der Waals surface area contributed by atoms with Crippen molar-refractivity contribution in [3.63, 3.8) is 0 Å². The van der Waals surface area contributed by atoms with Gasteiger partial charge >= 0.3 is 17.9 Å². The van der Waals surface area contributed by atoms with Crippen molar-refractivity contribution in [2.45, 2.75) is 39.1 Å². The molecule has 0 aromatic carbocycles. The average molecular weight is 362 g/mol. The molecule has 0 bridgehead atoms. The summed E-state index contributed by atoms with van der Waals surface area (Å²) in [7, 11) is 0. The van der Waals surface area contributed by atoms with Crippen molar-refractivity contribution in [3.05, 3.63) is 12.2 Å². The van der Waals surface area contributed by atoms with Crippen molar-refractivity contribution in [2.24, 2.45) is 0 Å². The highest BCUT2D eigenvalue weighted by molar-refractivity contribution is 7.99. The van der Waals surface area contributed by atoms with Crippen molar-refractivity contribution >= 4 is 41.4 Å². The largest absolute Gasteiger partial charge is 0.458 e. The number of ether oxygens (including phenoxy) is 3. The Balaban J connectivity index is 3.03. The molecule has 0 saturated carbocycles. The molecule has 1 rings (SSSR count). The van der Waals surface area contributed by atoms with Gasteiger partial charge in [-0.15, -0.1) is 0 Å². The third kappa shape index (κ3) is 8.31. The Hall–Kier alpha value is -1.15. The van der Waals surface area contributed by atoms with Crippen molar-refractivity contribution in [3.8, 4) is 0 Å². The fraction of sp³-hybridized carbons (Fsp3) is 0.667. The first-order valence-corrected chi connectivity index (χ1v) is 9.53. The summed E-state index contributed by atoms with van der Waals surface area (Å²) in [4.78, 5) is 34.3. The van der Waals surface area contributed by atoms with Crippen LogP contribution in [0, 0.1) is 0 Å². The van der Waals surface area contributed by atoms with Gasteiger partial charge in [0.2, 0.25) is 0 Å². The van der Waals surface area contributed by atoms with Gasteiger partial charge in [-0.2, -0.15) is 23.5 Å². The van der Waals surface area contributed by atoms with Crippen LogP contribution in [0.1, 0.15) is 20.8 Å². The molecule has 0 aromatic heterocycles. The van der Waals surface area contributed by atoms with Gasteiger partial charge < -0.3 is 14.2 Å². The average Bonchev–Trinajstić information content (AvgIpc) is 2.46. The summed E-state index contributed by atoms with van der Waals surface area (Å²) in [5, 5.41) is 0. The van der Waals surface area contributed by atoms with E-state index in [1.165, 1.54) is 20.8 Å². The molecule has 0 amide bonds. The molecule has 0 radical (unpaired) electrons. The fourth-order valence-electron chi connectivity index (χ4n) is 2.04. The zero-order chi connectivity index (χ0) is 17.2. The van der Waals surface area contributed by atoms with Crippen LogP contribution in [0.15, 0.2) is 12.2 Å². The molecule has 1 heterocycles. The Morgan fingerprint density at radius 2 is 1.17 bits per heavy atom. The van der Waals surface area contributed by atoms with Gasteiger partial charge in [0.1, 0.15) is 0 Å². The minimum absolute atomic E-state index is 0.449. The van der Waals surface area contributed by atoms with Gasteiger partial charge in [0.15, 0.2) is 18.3 Å². The van der Waals surface area contributed by atoms with E-state index in [0.717, 1.165) is 11.5 Å². The van der Waals surface area contributed by atoms with E-state index in [2.05, 4.69) is 0 Å². The quantitative estimate of drug-likeness (QED) is 0.427. The highest BCUT2D eigenvalue weighted by Gasteiger charge is 2.36. The molecule has 0 saturated heterocycles. The Bertz CT molecular complexity index is 419. The number of carbonyl (C=O) groups is 3. The van der Waals surface area contributed by atoms with Crippen molar-refractivity contribution in [2.75, 3.05) is 23.0 Å². The lowest BCUT2D eigenvalue weighted by molar-refractivity contribution is -0.178. The molecule has 0 aliphatic carbocycles. The number of rotatable bonds is 3. The predicted octanol–water partition coefficient (Wildman–Crippen LogP) is 1.82. The minimum atomic E-state index is -0.821. The van der Waals surface area contributed by atoms with E-state index in [1.54, 1.807) is 23.5 Å². The van der Waals surface area contributed by atoms with Crippen LogP contribution in [0.25, 0.3) is 0 Å². The normalized spacial score (nSPS) is 27.2. The first-order chi connectivity index (χ1) is 10.9. The van der Waals surface area contributed by atoms with Gasteiger partial charge in [-0.1, -0.05) is 12.2 Å². The highest BCUT2D eigenvalue weighted by Crippen LogP contribution is 2.22. The summed E-state index contributed by atoms with van der Waals surface area (Å²) in [5.74, 6) is 0.994. The molecule has 0 fully saturated rings. The van der Waals surface area contributed by atoms with Crippen molar-refractivity contribution in [1.82, 2.24) is 0 Å². The number of hydrogen-bond acceptors (Lipinski definition) is 8. The van der Waals surface area contributed by atoms with E-state index in [9.17, 15) is 14.4 Å². The number of carbonyl (C=O) groups excluding carboxylic acids is 3. The van der Waals surface area contributed by atoms with Gasteiger partial charge in [0.05, 0.1) is 0 Å². The van der Waals surface area contributed by atoms with Crippen molar-refractivity contribution < 1.29 is 28.6 Å². The van der Waals surface area contributed by atoms with Crippen LogP contribution in [0.3, 0.4) is 0 Å². The first-order valence-electron chi connectivity index (χ1n) is 7.22. The number of hydrogen-bond donors (Lipinski definition) is 0. The van der Waals surface area contributed by atoms with Crippen molar-refractivity contribution in [1.29, 1.82) is 0 Å². The Morgan fingerprint density at radius 3 is 1.52 bits per heavy atom. The lowest BCUT2D eigenvalue weighted by Gasteiger charge is -2.31. The summed E-state index contributed by atoms with van der Waals surface area (Å²) >= 11 is 3.12. The molecule has 1 aliphatic heterocycles. The summed E-state index contributed by atoms with van der Waals surface area (Å²) < 4.78 is 16.0. The summed E-state index contributed by atoms with van der Waals surface area (Å²) in [6.07, 6.45) is 1.92. The van der Waals surface area contributed by atoms with Crippen LogP contribution in [0.4, 0.5) is 0 Å². The second-order valence-electron chi connectivity index (χ2n) is 4.92. The summed E-state index contributed by atoms with van der Waals surface area (Å²) in [6.45, 7) is 3.88. The second-order valence-corrected chi connectivity index (χ2v) is 7.07. The lowest BCUT2D eigenvalue weighted by atomic mass is 10.1. The Labute approximate surface area is 144 Å². The van der Waals surface area contributed by atoms with E-state index in [0.29, 0.717) is 11.5 Å². The van der Waals surface area contributed by atoms with Crippen LogP contribution in [0.5, 0.6) is 0 Å². The predicted molar refractivity (Wildman–Crippen MR) is 90.5 cm³/mol. The molecule has 1 aliphatic rings. The van der Waals surface area contributed by atoms with Gasteiger partial charge in [0, 0.05) is 43.8 Å². The van der Waals surface area contributed by atoms with E-state index in [4.69, 9.17) is 14.2 Å². The maximum Gasteiger partial charge on any atom is 0.303 e. The monoisotopic (exact) mass is 362 g/mol. The summed E-state index contributed by atoms with van der Waals surface area (Å²) in [6, 6.07) is 0. The van der Waals surface area contributed by atoms with E-state index in [-0.39, 0.29) is 0 Å². The SMILES string of the molecule is CC(=O)OC1CSC/C=C\CSC[C@H](OC(C)=O)C1OC(C)=O. The third-order valence-corrected chi connectivity index (χ3v) is 4.81. The lowest BCUT2D eigenvalue weighted by Crippen LogP contribution is -2.47. The van der Waals surface area contributed by atoms with Crippen LogP contribution in [-0.2, 0) is 28.6 Å². The molecular formula is C15H22O6S2. The number of esters is 3. The zero-order valence-electron chi connectivity index (χ0n) is 13.5. The van der Waals surface area contributed by atoms with E-state index >= 15 is 0 Å². The van der Waals surface area contributed by atoms with Crippen LogP contribution in [0.2, 0.25) is 0 Å². The summed E-state index contributed by atoms with van der Waals surface area (Å²) in [5.41, 5.74) is 0. The van der Waals surface area contributed by atoms with Gasteiger partial charge in [-0.05, 0) is 0 Å². The van der Waals surface area contributed by atoms with Gasteiger partial charge in [-0.25, -0.2) is 0 Å². The number of thioether (sulfide) groups is 2. The molecule has 6 nitrogen and oxygen atoms in total. The topological polar surface area (TPSA) is 78.9 Å². The maximum absolute atomic E-state index is 11.5. The zero-order valence-corrected chi connectivity index (χ0v) is 15.1. The molecule has 0 N–H and O–H groups in total. The molecule has 0 aromatic rings. The molecule has 130 valence electrons. The standard InChI is InChI=1S/C15H22O6S2/c1-10(16)19-13-8-22-6-4-5-7-23-9-14(20-11(2)17)15(13)21-12(3)18/h4-5,13-15H,6-9H2,1-3H3/b5-4-/t13-,14?,15?/m0/s1. The second kappa shape index (κ2) is 10.6.